The quantitative estimate of drug-likeness (QED) is 0.722. The van der Waals surface area contributed by atoms with E-state index >= 15 is 0 Å². The van der Waals surface area contributed by atoms with Crippen molar-refractivity contribution >= 4 is 29.1 Å². The molecule has 6 heteroatoms. The van der Waals surface area contributed by atoms with Crippen molar-refractivity contribution in [3.63, 3.8) is 0 Å². The molecule has 128 valence electrons. The summed E-state index contributed by atoms with van der Waals surface area (Å²) in [5, 5.41) is 7.05. The highest BCUT2D eigenvalue weighted by Crippen LogP contribution is 2.27. The monoisotopic (exact) mass is 339 g/mol. The third-order valence-corrected chi connectivity index (χ3v) is 4.06. The molecule has 4 N–H and O–H groups in total. The van der Waals surface area contributed by atoms with Crippen LogP contribution >= 0.6 is 11.6 Å². The number of rotatable bonds is 3. The van der Waals surface area contributed by atoms with Crippen molar-refractivity contribution < 1.29 is 9.53 Å². The van der Waals surface area contributed by atoms with Crippen LogP contribution < -0.4 is 16.4 Å². The summed E-state index contributed by atoms with van der Waals surface area (Å²) < 4.78 is 5.30. The van der Waals surface area contributed by atoms with E-state index in [1.165, 1.54) is 0 Å². The molecule has 23 heavy (non-hydrogen) atoms. The Labute approximate surface area is 142 Å². The Morgan fingerprint density at radius 3 is 2.39 bits per heavy atom. The zero-order valence-electron chi connectivity index (χ0n) is 14.0. The number of nitrogens with one attached hydrogen (secondary N) is 2. The predicted molar refractivity (Wildman–Crippen MR) is 94.9 cm³/mol. The Balaban J connectivity index is 1.79. The van der Waals surface area contributed by atoms with Gasteiger partial charge in [0.15, 0.2) is 0 Å². The molecule has 1 saturated carbocycles. The van der Waals surface area contributed by atoms with Gasteiger partial charge in [-0.3, -0.25) is 0 Å². The van der Waals surface area contributed by atoms with Gasteiger partial charge in [0, 0.05) is 17.1 Å². The molecule has 0 spiro atoms. The minimum absolute atomic E-state index is 0.172. The molecular formula is C17H26ClN3O2. The second kappa shape index (κ2) is 7.30. The fraction of sp³-hybridized carbons (Fsp3) is 0.588. The van der Waals surface area contributed by atoms with Crippen LogP contribution in [-0.2, 0) is 4.74 Å². The number of nitrogens with two attached hydrogens (primary N) is 1. The van der Waals surface area contributed by atoms with E-state index in [1.807, 2.05) is 32.9 Å². The number of ether oxygens (including phenoxy) is 1. The Bertz CT molecular complexity index is 549. The minimum atomic E-state index is -0.463. The van der Waals surface area contributed by atoms with Crippen molar-refractivity contribution in [1.29, 1.82) is 0 Å². The summed E-state index contributed by atoms with van der Waals surface area (Å²) in [6, 6.07) is 6.01. The van der Waals surface area contributed by atoms with E-state index in [-0.39, 0.29) is 12.1 Å². The van der Waals surface area contributed by atoms with Crippen molar-refractivity contribution in [3.8, 4) is 0 Å². The van der Waals surface area contributed by atoms with Crippen LogP contribution in [0.4, 0.5) is 16.2 Å². The lowest BCUT2D eigenvalue weighted by atomic mass is 9.91. The summed E-state index contributed by atoms with van der Waals surface area (Å²) in [6.45, 7) is 5.60. The fourth-order valence-corrected chi connectivity index (χ4v) is 2.92. The molecule has 0 radical (unpaired) electrons. The van der Waals surface area contributed by atoms with Crippen LogP contribution in [0.3, 0.4) is 0 Å². The van der Waals surface area contributed by atoms with Crippen molar-refractivity contribution in [2.24, 2.45) is 0 Å². The zero-order chi connectivity index (χ0) is 17.0. The average molecular weight is 340 g/mol. The lowest BCUT2D eigenvalue weighted by Crippen LogP contribution is -2.42. The number of carbonyl (C=O) groups is 1. The van der Waals surface area contributed by atoms with Gasteiger partial charge in [-0.2, -0.15) is 0 Å². The largest absolute Gasteiger partial charge is 0.444 e. The van der Waals surface area contributed by atoms with E-state index in [9.17, 15) is 4.79 Å². The van der Waals surface area contributed by atoms with Crippen molar-refractivity contribution in [2.75, 3.05) is 11.1 Å². The number of alkyl carbamates (subject to hydrolysis) is 1. The molecule has 0 heterocycles. The molecule has 0 aromatic heterocycles. The van der Waals surface area contributed by atoms with E-state index in [4.69, 9.17) is 22.1 Å². The Morgan fingerprint density at radius 2 is 1.83 bits per heavy atom. The molecule has 1 fully saturated rings. The molecule has 0 atom stereocenters. The molecule has 0 unspecified atom stereocenters. The summed E-state index contributed by atoms with van der Waals surface area (Å²) in [6.07, 6.45) is 3.45. The second-order valence-corrected chi connectivity index (χ2v) is 7.51. The van der Waals surface area contributed by atoms with E-state index in [0.29, 0.717) is 16.8 Å². The Hall–Kier alpha value is -1.62. The lowest BCUT2D eigenvalue weighted by Gasteiger charge is -2.31. The van der Waals surface area contributed by atoms with Gasteiger partial charge in [-0.15, -0.1) is 0 Å². The van der Waals surface area contributed by atoms with Crippen LogP contribution in [0.1, 0.15) is 46.5 Å². The molecule has 1 aliphatic rings. The average Bonchev–Trinajstić information content (AvgIpc) is 2.42. The van der Waals surface area contributed by atoms with Gasteiger partial charge in [-0.1, -0.05) is 11.6 Å². The molecule has 1 aromatic rings. The van der Waals surface area contributed by atoms with Gasteiger partial charge in [0.2, 0.25) is 0 Å². The second-order valence-electron chi connectivity index (χ2n) is 7.07. The smallest absolute Gasteiger partial charge is 0.407 e. The summed E-state index contributed by atoms with van der Waals surface area (Å²) in [5.74, 6) is 0. The predicted octanol–water partition coefficient (Wildman–Crippen LogP) is 4.17. The first-order valence-corrected chi connectivity index (χ1v) is 8.42. The molecule has 2 rings (SSSR count). The van der Waals surface area contributed by atoms with Crippen LogP contribution in [0.15, 0.2) is 18.2 Å². The van der Waals surface area contributed by atoms with E-state index < -0.39 is 5.60 Å². The standard InChI is InChI=1S/C17H26ClN3O2/c1-17(2,3)23-16(22)21-13-7-5-12(6-8-13)20-15-9-4-11(18)10-14(15)19/h4,9-10,12-13,20H,5-8,19H2,1-3H3,(H,21,22)/t12-,13+. The maximum atomic E-state index is 11.8. The number of halogens is 1. The number of hydrogen-bond acceptors (Lipinski definition) is 4. The number of amides is 1. The van der Waals surface area contributed by atoms with Crippen molar-refractivity contribution in [2.45, 2.75) is 64.1 Å². The van der Waals surface area contributed by atoms with Crippen LogP contribution in [-0.4, -0.2) is 23.8 Å². The lowest BCUT2D eigenvalue weighted by molar-refractivity contribution is 0.0492. The van der Waals surface area contributed by atoms with E-state index in [0.717, 1.165) is 31.4 Å². The van der Waals surface area contributed by atoms with Crippen LogP contribution in [0, 0.1) is 0 Å². The first-order chi connectivity index (χ1) is 10.7. The zero-order valence-corrected chi connectivity index (χ0v) is 14.7. The fourth-order valence-electron chi connectivity index (χ4n) is 2.74. The van der Waals surface area contributed by atoms with Gasteiger partial charge in [0.25, 0.3) is 0 Å². The van der Waals surface area contributed by atoms with Crippen LogP contribution in [0.25, 0.3) is 0 Å². The summed E-state index contributed by atoms with van der Waals surface area (Å²) >= 11 is 5.91. The van der Waals surface area contributed by atoms with Gasteiger partial charge in [-0.05, 0) is 64.7 Å². The van der Waals surface area contributed by atoms with Gasteiger partial charge in [0.1, 0.15) is 5.60 Å². The molecular weight excluding hydrogens is 314 g/mol. The number of anilines is 2. The number of hydrogen-bond donors (Lipinski definition) is 3. The highest BCUT2D eigenvalue weighted by atomic mass is 35.5. The topological polar surface area (TPSA) is 76.4 Å². The highest BCUT2D eigenvalue weighted by Gasteiger charge is 2.24. The van der Waals surface area contributed by atoms with Gasteiger partial charge in [0.05, 0.1) is 11.4 Å². The third-order valence-electron chi connectivity index (χ3n) is 3.82. The minimum Gasteiger partial charge on any atom is -0.444 e. The van der Waals surface area contributed by atoms with Gasteiger partial charge >= 0.3 is 6.09 Å². The van der Waals surface area contributed by atoms with Gasteiger partial charge in [-0.25, -0.2) is 4.79 Å². The third kappa shape index (κ3) is 5.82. The SMILES string of the molecule is CC(C)(C)OC(=O)N[C@H]1CC[C@@H](Nc2ccc(Cl)cc2N)CC1. The molecule has 0 aliphatic heterocycles. The molecule has 5 nitrogen and oxygen atoms in total. The highest BCUT2D eigenvalue weighted by molar-refractivity contribution is 6.31. The maximum absolute atomic E-state index is 11.8. The molecule has 1 amide bonds. The van der Waals surface area contributed by atoms with E-state index in [2.05, 4.69) is 10.6 Å². The first-order valence-electron chi connectivity index (χ1n) is 8.04. The Kier molecular flexibility index (Phi) is 5.63. The number of nitrogen functional groups attached to an aromatic ring is 1. The summed E-state index contributed by atoms with van der Waals surface area (Å²) in [4.78, 5) is 11.8. The normalized spacial score (nSPS) is 21.6. The Morgan fingerprint density at radius 1 is 1.22 bits per heavy atom. The first kappa shape index (κ1) is 17.7. The number of carbonyl (C=O) groups excluding carboxylic acids is 1. The van der Waals surface area contributed by atoms with Crippen LogP contribution in [0.5, 0.6) is 0 Å². The summed E-state index contributed by atoms with van der Waals surface area (Å²) in [7, 11) is 0. The number of benzene rings is 1. The molecule has 1 aromatic carbocycles. The van der Waals surface area contributed by atoms with E-state index in [1.54, 1.807) is 6.07 Å². The summed E-state index contributed by atoms with van der Waals surface area (Å²) in [5.41, 5.74) is 7.08. The van der Waals surface area contributed by atoms with Crippen LogP contribution in [0.2, 0.25) is 5.02 Å². The molecule has 0 saturated heterocycles. The van der Waals surface area contributed by atoms with Gasteiger partial charge < -0.3 is 21.1 Å². The van der Waals surface area contributed by atoms with Crippen molar-refractivity contribution in [1.82, 2.24) is 5.32 Å². The maximum Gasteiger partial charge on any atom is 0.407 e. The van der Waals surface area contributed by atoms with Crippen molar-refractivity contribution in [3.05, 3.63) is 23.2 Å². The molecule has 1 aliphatic carbocycles. The molecule has 0 bridgehead atoms.